The molecule has 0 aliphatic carbocycles. The highest BCUT2D eigenvalue weighted by atomic mass is 35.5. The zero-order valence-corrected chi connectivity index (χ0v) is 20.3. The van der Waals surface area contributed by atoms with Gasteiger partial charge >= 0.3 is 0 Å². The summed E-state index contributed by atoms with van der Waals surface area (Å²) in [6.07, 6.45) is 7.15. The number of halogens is 1. The van der Waals surface area contributed by atoms with Crippen LogP contribution in [0.5, 0.6) is 5.75 Å². The third kappa shape index (κ3) is 4.19. The maximum Gasteiger partial charge on any atom is 0.148 e. The van der Waals surface area contributed by atoms with Gasteiger partial charge in [-0.3, -0.25) is 0 Å². The molecule has 1 atom stereocenters. The van der Waals surface area contributed by atoms with Crippen LogP contribution in [-0.2, 0) is 0 Å². The van der Waals surface area contributed by atoms with Gasteiger partial charge in [-0.1, -0.05) is 5.21 Å². The Labute approximate surface area is 202 Å². The topological polar surface area (TPSA) is 106 Å². The van der Waals surface area contributed by atoms with E-state index >= 15 is 0 Å². The predicted octanol–water partition coefficient (Wildman–Crippen LogP) is 4.02. The minimum atomic E-state index is -0.213. The Kier molecular flexibility index (Phi) is 6.65. The van der Waals surface area contributed by atoms with Crippen LogP contribution in [0.25, 0.3) is 16.8 Å². The lowest BCUT2D eigenvalue weighted by Crippen LogP contribution is -2.30. The Balaban J connectivity index is 0.00000259. The van der Waals surface area contributed by atoms with E-state index < -0.39 is 0 Å². The molecule has 0 spiro atoms. The molecule has 1 saturated heterocycles. The van der Waals surface area contributed by atoms with Gasteiger partial charge < -0.3 is 10.1 Å². The molecule has 4 aromatic rings. The molecule has 0 aromatic carbocycles. The molecule has 172 valence electrons. The molecule has 11 heteroatoms. The van der Waals surface area contributed by atoms with Gasteiger partial charge in [-0.25, -0.2) is 13.6 Å². The Morgan fingerprint density at radius 2 is 2.06 bits per heavy atom. The number of nitriles is 1. The van der Waals surface area contributed by atoms with Gasteiger partial charge in [0, 0.05) is 18.0 Å². The van der Waals surface area contributed by atoms with Crippen LogP contribution in [0.3, 0.4) is 0 Å². The number of fused-ring (bicyclic) bond motifs is 1. The summed E-state index contributed by atoms with van der Waals surface area (Å²) in [5.41, 5.74) is 4.87. The molecule has 1 fully saturated rings. The van der Waals surface area contributed by atoms with Gasteiger partial charge in [-0.15, -0.1) is 17.5 Å². The average Bonchev–Trinajstić information content (AvgIpc) is 3.52. The van der Waals surface area contributed by atoms with Crippen molar-refractivity contribution in [3.8, 4) is 23.1 Å². The fourth-order valence-electron chi connectivity index (χ4n) is 4.33. The zero-order chi connectivity index (χ0) is 22.2. The second kappa shape index (κ2) is 9.47. The fraction of sp³-hybridized carbons (Fsp3) is 0.409. The highest BCUT2D eigenvalue weighted by Crippen LogP contribution is 2.35. The first-order valence-electron chi connectivity index (χ1n) is 10.7. The lowest BCUT2D eigenvalue weighted by Gasteiger charge is -2.23. The SMILES string of the molecule is Cc1cnsc1C(C)Oc1cc(-c2nnn(C3CCNCC3)c2C)cn2ncc(C#N)c12.Cl. The summed E-state index contributed by atoms with van der Waals surface area (Å²) in [4.78, 5) is 1.06. The molecule has 4 aromatic heterocycles. The van der Waals surface area contributed by atoms with Crippen LogP contribution in [0.1, 0.15) is 53.6 Å². The summed E-state index contributed by atoms with van der Waals surface area (Å²) < 4.78 is 14.4. The molecule has 0 saturated carbocycles. The van der Waals surface area contributed by atoms with Gasteiger partial charge in [-0.05, 0) is 69.9 Å². The van der Waals surface area contributed by atoms with Crippen molar-refractivity contribution >= 4 is 29.5 Å². The molecule has 0 amide bonds. The zero-order valence-electron chi connectivity index (χ0n) is 18.6. The van der Waals surface area contributed by atoms with E-state index in [9.17, 15) is 5.26 Å². The summed E-state index contributed by atoms with van der Waals surface area (Å²) in [5, 5.41) is 26.3. The monoisotopic (exact) mass is 484 g/mol. The highest BCUT2D eigenvalue weighted by molar-refractivity contribution is 7.06. The summed E-state index contributed by atoms with van der Waals surface area (Å²) in [5.74, 6) is 0.590. The van der Waals surface area contributed by atoms with Crippen molar-refractivity contribution in [2.45, 2.75) is 45.8 Å². The minimum absolute atomic E-state index is 0. The smallest absolute Gasteiger partial charge is 0.148 e. The first kappa shape index (κ1) is 23.2. The molecular weight excluding hydrogens is 460 g/mol. The van der Waals surface area contributed by atoms with Crippen molar-refractivity contribution in [1.29, 1.82) is 5.26 Å². The van der Waals surface area contributed by atoms with Crippen LogP contribution < -0.4 is 10.1 Å². The number of piperidine rings is 1. The standard InChI is InChI=1S/C22H24N8OS.ClH/c1-13-10-26-32-22(13)15(3)31-19-8-16(12-29-21(19)17(9-23)11-25-29)20-14(2)30(28-27-20)18-4-6-24-7-5-18;/h8,10-12,15,18,24H,4-7H2,1-3H3;1H. The summed E-state index contributed by atoms with van der Waals surface area (Å²) in [6, 6.07) is 4.50. The molecule has 1 unspecified atom stereocenters. The Hall–Kier alpha value is -3.00. The molecule has 1 aliphatic heterocycles. The Bertz CT molecular complexity index is 1310. The molecule has 5 rings (SSSR count). The van der Waals surface area contributed by atoms with Gasteiger partial charge in [0.1, 0.15) is 34.7 Å². The third-order valence-electron chi connectivity index (χ3n) is 6.01. The van der Waals surface area contributed by atoms with Gasteiger partial charge in [-0.2, -0.15) is 10.4 Å². The van der Waals surface area contributed by atoms with Crippen molar-refractivity contribution in [3.05, 3.63) is 46.4 Å². The fourth-order valence-corrected chi connectivity index (χ4v) is 5.05. The van der Waals surface area contributed by atoms with Crippen molar-refractivity contribution in [1.82, 2.24) is 34.3 Å². The number of nitrogens with one attached hydrogen (secondary N) is 1. The van der Waals surface area contributed by atoms with Gasteiger partial charge in [0.15, 0.2) is 0 Å². The number of aromatic nitrogens is 6. The lowest BCUT2D eigenvalue weighted by atomic mass is 10.1. The largest absolute Gasteiger partial charge is 0.483 e. The van der Waals surface area contributed by atoms with Crippen LogP contribution in [-0.4, -0.2) is 42.1 Å². The molecule has 33 heavy (non-hydrogen) atoms. The summed E-state index contributed by atoms with van der Waals surface area (Å²) in [6.45, 7) is 8.04. The van der Waals surface area contributed by atoms with Gasteiger partial charge in [0.25, 0.3) is 0 Å². The maximum atomic E-state index is 9.59. The molecule has 9 nitrogen and oxygen atoms in total. The van der Waals surface area contributed by atoms with Crippen LogP contribution in [0, 0.1) is 25.2 Å². The van der Waals surface area contributed by atoms with Gasteiger partial charge in [0.2, 0.25) is 0 Å². The van der Waals surface area contributed by atoms with Crippen molar-refractivity contribution < 1.29 is 4.74 Å². The molecule has 1 N–H and O–H groups in total. The second-order valence-corrected chi connectivity index (χ2v) is 8.97. The normalized spacial score (nSPS) is 15.2. The molecule has 0 bridgehead atoms. The van der Waals surface area contributed by atoms with Crippen molar-refractivity contribution in [3.63, 3.8) is 0 Å². The number of ether oxygens (including phenoxy) is 1. The van der Waals surface area contributed by atoms with Crippen molar-refractivity contribution in [2.24, 2.45) is 0 Å². The first-order chi connectivity index (χ1) is 15.6. The van der Waals surface area contributed by atoms with Gasteiger partial charge in [0.05, 0.1) is 22.8 Å². The van der Waals surface area contributed by atoms with Crippen LogP contribution in [0.2, 0.25) is 0 Å². The third-order valence-corrected chi connectivity index (χ3v) is 7.07. The molecule has 1 aliphatic rings. The van der Waals surface area contributed by atoms with E-state index in [2.05, 4.69) is 38.1 Å². The van der Waals surface area contributed by atoms with E-state index in [-0.39, 0.29) is 18.5 Å². The van der Waals surface area contributed by atoms with E-state index in [1.165, 1.54) is 11.5 Å². The van der Waals surface area contributed by atoms with Crippen LogP contribution >= 0.6 is 23.9 Å². The lowest BCUT2D eigenvalue weighted by molar-refractivity contribution is 0.232. The summed E-state index contributed by atoms with van der Waals surface area (Å²) >= 11 is 1.42. The predicted molar refractivity (Wildman–Crippen MR) is 128 cm³/mol. The van der Waals surface area contributed by atoms with Crippen LogP contribution in [0.4, 0.5) is 0 Å². The van der Waals surface area contributed by atoms with E-state index in [0.29, 0.717) is 22.9 Å². The summed E-state index contributed by atoms with van der Waals surface area (Å²) in [7, 11) is 0. The molecule has 0 radical (unpaired) electrons. The van der Waals surface area contributed by atoms with E-state index in [1.54, 1.807) is 10.7 Å². The molecule has 5 heterocycles. The number of pyridine rings is 1. The highest BCUT2D eigenvalue weighted by Gasteiger charge is 2.23. The first-order valence-corrected chi connectivity index (χ1v) is 11.5. The molecular formula is C22H25ClN8OS. The number of hydrogen-bond acceptors (Lipinski definition) is 8. The number of rotatable bonds is 5. The average molecular weight is 485 g/mol. The van der Waals surface area contributed by atoms with E-state index in [0.717, 1.165) is 53.3 Å². The Morgan fingerprint density at radius 1 is 1.27 bits per heavy atom. The number of nitrogens with zero attached hydrogens (tertiary/aromatic N) is 7. The van der Waals surface area contributed by atoms with E-state index in [1.807, 2.05) is 37.0 Å². The minimum Gasteiger partial charge on any atom is -0.483 e. The van der Waals surface area contributed by atoms with E-state index in [4.69, 9.17) is 4.74 Å². The second-order valence-electron chi connectivity index (χ2n) is 8.14. The quantitative estimate of drug-likeness (QED) is 0.455. The number of aryl methyl sites for hydroxylation is 1. The number of hydrogen-bond donors (Lipinski definition) is 1. The van der Waals surface area contributed by atoms with Crippen molar-refractivity contribution in [2.75, 3.05) is 13.1 Å². The maximum absolute atomic E-state index is 9.59. The Morgan fingerprint density at radius 3 is 2.76 bits per heavy atom. The van der Waals surface area contributed by atoms with Crippen LogP contribution in [0.15, 0.2) is 24.7 Å².